The molecule has 1 aromatic heterocycles. The van der Waals surface area contributed by atoms with Gasteiger partial charge in [-0.15, -0.1) is 0 Å². The second kappa shape index (κ2) is 5.06. The lowest BCUT2D eigenvalue weighted by Crippen LogP contribution is -2.10. The molecule has 5 heteroatoms. The maximum absolute atomic E-state index is 11.3. The van der Waals surface area contributed by atoms with Crippen LogP contribution in [0.2, 0.25) is 0 Å². The van der Waals surface area contributed by atoms with E-state index in [9.17, 15) is 14.7 Å². The highest BCUT2D eigenvalue weighted by molar-refractivity contribution is 6.05. The quantitative estimate of drug-likeness (QED) is 0.886. The van der Waals surface area contributed by atoms with Crippen molar-refractivity contribution in [2.24, 2.45) is 0 Å². The molecule has 98 valence electrons. The molecule has 0 aliphatic rings. The van der Waals surface area contributed by atoms with Crippen molar-refractivity contribution < 1.29 is 14.7 Å². The van der Waals surface area contributed by atoms with E-state index in [2.05, 4.69) is 10.3 Å². The fraction of sp³-hybridized carbons (Fsp3) is 0.214. The lowest BCUT2D eigenvalue weighted by Gasteiger charge is -2.09. The van der Waals surface area contributed by atoms with Crippen molar-refractivity contribution in [1.29, 1.82) is 0 Å². The molecule has 19 heavy (non-hydrogen) atoms. The van der Waals surface area contributed by atoms with Gasteiger partial charge in [-0.2, -0.15) is 0 Å². The number of hydrogen-bond donors (Lipinski definition) is 2. The summed E-state index contributed by atoms with van der Waals surface area (Å²) in [7, 11) is 0. The van der Waals surface area contributed by atoms with E-state index in [1.807, 2.05) is 19.1 Å². The molecule has 0 radical (unpaired) electrons. The highest BCUT2D eigenvalue weighted by atomic mass is 16.4. The van der Waals surface area contributed by atoms with Crippen LogP contribution in [-0.4, -0.2) is 22.0 Å². The highest BCUT2D eigenvalue weighted by Gasteiger charge is 2.14. The Morgan fingerprint density at radius 1 is 1.37 bits per heavy atom. The molecular formula is C14H14N2O3. The van der Waals surface area contributed by atoms with Crippen LogP contribution in [0.4, 0.5) is 5.82 Å². The first-order valence-corrected chi connectivity index (χ1v) is 5.96. The van der Waals surface area contributed by atoms with Gasteiger partial charge in [0.1, 0.15) is 5.82 Å². The number of aryl methyl sites for hydroxylation is 1. The number of carboxylic acid groups (broad SMARTS) is 1. The van der Waals surface area contributed by atoms with Gasteiger partial charge in [0.2, 0.25) is 5.91 Å². The zero-order valence-corrected chi connectivity index (χ0v) is 10.7. The lowest BCUT2D eigenvalue weighted by molar-refractivity contribution is -0.114. The van der Waals surface area contributed by atoms with Crippen LogP contribution in [-0.2, 0) is 11.2 Å². The minimum atomic E-state index is -1.03. The number of pyridine rings is 1. The first-order valence-electron chi connectivity index (χ1n) is 5.96. The van der Waals surface area contributed by atoms with E-state index in [1.54, 1.807) is 6.07 Å². The minimum Gasteiger partial charge on any atom is -0.478 e. The van der Waals surface area contributed by atoms with Crippen LogP contribution in [0.25, 0.3) is 10.9 Å². The van der Waals surface area contributed by atoms with Crippen molar-refractivity contribution in [2.45, 2.75) is 20.3 Å². The fourth-order valence-electron chi connectivity index (χ4n) is 2.01. The summed E-state index contributed by atoms with van der Waals surface area (Å²) in [6.07, 6.45) is 0.743. The van der Waals surface area contributed by atoms with E-state index < -0.39 is 5.97 Å². The summed E-state index contributed by atoms with van der Waals surface area (Å²) in [5.74, 6) is -1.05. The van der Waals surface area contributed by atoms with E-state index in [0.29, 0.717) is 10.9 Å². The van der Waals surface area contributed by atoms with Gasteiger partial charge in [0, 0.05) is 12.3 Å². The van der Waals surface area contributed by atoms with E-state index in [1.165, 1.54) is 13.0 Å². The molecule has 2 aromatic rings. The number of nitrogens with zero attached hydrogens (tertiary/aromatic N) is 1. The molecular weight excluding hydrogens is 244 g/mol. The van der Waals surface area contributed by atoms with E-state index in [-0.39, 0.29) is 17.3 Å². The Morgan fingerprint density at radius 2 is 2.11 bits per heavy atom. The molecule has 0 bridgehead atoms. The van der Waals surface area contributed by atoms with Gasteiger partial charge in [-0.05, 0) is 18.1 Å². The molecule has 0 atom stereocenters. The summed E-state index contributed by atoms with van der Waals surface area (Å²) in [5.41, 5.74) is 1.71. The van der Waals surface area contributed by atoms with E-state index in [4.69, 9.17) is 0 Å². The Balaban J connectivity index is 2.75. The Bertz CT molecular complexity index is 665. The van der Waals surface area contributed by atoms with Gasteiger partial charge in [0.25, 0.3) is 0 Å². The first kappa shape index (κ1) is 13.0. The summed E-state index contributed by atoms with van der Waals surface area (Å²) >= 11 is 0. The number of nitrogens with one attached hydrogen (secondary N) is 1. The Morgan fingerprint density at radius 3 is 2.68 bits per heavy atom. The smallest absolute Gasteiger partial charge is 0.336 e. The lowest BCUT2D eigenvalue weighted by atomic mass is 10.0. The maximum atomic E-state index is 11.3. The molecule has 0 fully saturated rings. The topological polar surface area (TPSA) is 79.3 Å². The van der Waals surface area contributed by atoms with Crippen molar-refractivity contribution in [3.63, 3.8) is 0 Å². The summed E-state index contributed by atoms with van der Waals surface area (Å²) in [5, 5.41) is 12.4. The van der Waals surface area contributed by atoms with Crippen LogP contribution < -0.4 is 5.32 Å². The minimum absolute atomic E-state index is 0.143. The molecule has 0 aliphatic carbocycles. The van der Waals surface area contributed by atoms with Gasteiger partial charge in [-0.25, -0.2) is 9.78 Å². The van der Waals surface area contributed by atoms with Gasteiger partial charge < -0.3 is 10.4 Å². The molecule has 5 nitrogen and oxygen atoms in total. The van der Waals surface area contributed by atoms with Crippen LogP contribution in [0.3, 0.4) is 0 Å². The van der Waals surface area contributed by atoms with Crippen LogP contribution in [0.1, 0.15) is 29.8 Å². The molecule has 2 rings (SSSR count). The largest absolute Gasteiger partial charge is 0.478 e. The third-order valence-electron chi connectivity index (χ3n) is 2.84. The number of para-hydroxylation sites is 1. The normalized spacial score (nSPS) is 10.4. The summed E-state index contributed by atoms with van der Waals surface area (Å²) in [6, 6.07) is 6.82. The monoisotopic (exact) mass is 258 g/mol. The number of rotatable bonds is 3. The number of aromatic carboxylic acids is 1. The molecule has 1 aromatic carbocycles. The van der Waals surface area contributed by atoms with Gasteiger partial charge in [0.15, 0.2) is 0 Å². The molecule has 0 unspecified atom stereocenters. The average molecular weight is 258 g/mol. The second-order valence-corrected chi connectivity index (χ2v) is 4.21. The third-order valence-corrected chi connectivity index (χ3v) is 2.84. The Labute approximate surface area is 110 Å². The second-order valence-electron chi connectivity index (χ2n) is 4.21. The first-order chi connectivity index (χ1) is 9.02. The molecule has 2 N–H and O–H groups in total. The molecule has 1 heterocycles. The molecule has 0 saturated heterocycles. The number of amides is 1. The number of hydrogen-bond acceptors (Lipinski definition) is 3. The van der Waals surface area contributed by atoms with Gasteiger partial charge >= 0.3 is 5.97 Å². The van der Waals surface area contributed by atoms with Crippen molar-refractivity contribution in [1.82, 2.24) is 4.98 Å². The number of carbonyl (C=O) groups is 2. The standard InChI is InChI=1S/C14H14N2O3/c1-3-9-5-4-6-10-11(14(18)19)7-12(15-8(2)17)16-13(9)10/h4-7H,3H2,1-2H3,(H,18,19)(H,15,16,17). The molecule has 1 amide bonds. The van der Waals surface area contributed by atoms with Crippen molar-refractivity contribution in [3.05, 3.63) is 35.4 Å². The highest BCUT2D eigenvalue weighted by Crippen LogP contribution is 2.24. The number of aromatic nitrogens is 1. The van der Waals surface area contributed by atoms with Crippen molar-refractivity contribution in [3.8, 4) is 0 Å². The summed E-state index contributed by atoms with van der Waals surface area (Å²) < 4.78 is 0. The van der Waals surface area contributed by atoms with E-state index >= 15 is 0 Å². The fourth-order valence-corrected chi connectivity index (χ4v) is 2.01. The van der Waals surface area contributed by atoms with Gasteiger partial charge in [-0.3, -0.25) is 4.79 Å². The van der Waals surface area contributed by atoms with E-state index in [0.717, 1.165) is 12.0 Å². The van der Waals surface area contributed by atoms with Crippen LogP contribution >= 0.6 is 0 Å². The predicted octanol–water partition coefficient (Wildman–Crippen LogP) is 2.45. The number of benzene rings is 1. The Hall–Kier alpha value is -2.43. The average Bonchev–Trinajstić information content (AvgIpc) is 2.36. The predicted molar refractivity (Wildman–Crippen MR) is 72.4 cm³/mol. The number of carbonyl (C=O) groups excluding carboxylic acids is 1. The van der Waals surface area contributed by atoms with Gasteiger partial charge in [0.05, 0.1) is 11.1 Å². The van der Waals surface area contributed by atoms with Crippen LogP contribution in [0.5, 0.6) is 0 Å². The number of anilines is 1. The number of carboxylic acids is 1. The van der Waals surface area contributed by atoms with Crippen LogP contribution in [0.15, 0.2) is 24.3 Å². The molecule has 0 spiro atoms. The van der Waals surface area contributed by atoms with Crippen LogP contribution in [0, 0.1) is 0 Å². The Kier molecular flexibility index (Phi) is 3.46. The zero-order chi connectivity index (χ0) is 14.0. The zero-order valence-electron chi connectivity index (χ0n) is 10.7. The SMILES string of the molecule is CCc1cccc2c(C(=O)O)cc(NC(C)=O)nc12. The van der Waals surface area contributed by atoms with Gasteiger partial charge in [-0.1, -0.05) is 25.1 Å². The van der Waals surface area contributed by atoms with Crippen molar-refractivity contribution in [2.75, 3.05) is 5.32 Å². The van der Waals surface area contributed by atoms with Crippen molar-refractivity contribution >= 4 is 28.6 Å². The summed E-state index contributed by atoms with van der Waals surface area (Å²) in [4.78, 5) is 26.7. The number of fused-ring (bicyclic) bond motifs is 1. The maximum Gasteiger partial charge on any atom is 0.336 e. The summed E-state index contributed by atoms with van der Waals surface area (Å²) in [6.45, 7) is 3.33. The molecule has 0 saturated carbocycles. The molecule has 0 aliphatic heterocycles. The third kappa shape index (κ3) is 2.54.